The third kappa shape index (κ3) is 2.67. The molecule has 0 aromatic rings. The van der Waals surface area contributed by atoms with Gasteiger partial charge in [0, 0.05) is 13.7 Å². The molecule has 0 spiro atoms. The van der Waals surface area contributed by atoms with Gasteiger partial charge < -0.3 is 20.1 Å². The van der Waals surface area contributed by atoms with Crippen molar-refractivity contribution >= 4 is 11.9 Å². The maximum Gasteiger partial charge on any atom is 0.326 e. The number of aliphatic carboxylic acids is 1. The van der Waals surface area contributed by atoms with Gasteiger partial charge in [-0.15, -0.1) is 0 Å². The lowest BCUT2D eigenvalue weighted by Gasteiger charge is -2.39. The largest absolute Gasteiger partial charge is 0.480 e. The van der Waals surface area contributed by atoms with Crippen LogP contribution in [0.4, 0.5) is 0 Å². The van der Waals surface area contributed by atoms with Gasteiger partial charge in [0.15, 0.2) is 0 Å². The molecule has 2 unspecified atom stereocenters. The van der Waals surface area contributed by atoms with E-state index in [2.05, 4.69) is 5.32 Å². The highest BCUT2D eigenvalue weighted by Gasteiger charge is 2.48. The van der Waals surface area contributed by atoms with E-state index in [9.17, 15) is 14.7 Å². The molecule has 2 aliphatic rings. The number of carboxylic acid groups (broad SMARTS) is 1. The summed E-state index contributed by atoms with van der Waals surface area (Å²) in [6.45, 7) is 4.35. The summed E-state index contributed by atoms with van der Waals surface area (Å²) in [5, 5.41) is 12.6. The standard InChI is InChI=1S/C14H24N2O4/c1-10-3-8-16(11(10)12(17)18)13(19)14(9-20-2)4-6-15-7-5-14/h10-11,15H,3-9H2,1-2H3,(H,17,18). The van der Waals surface area contributed by atoms with Crippen molar-refractivity contribution in [3.63, 3.8) is 0 Å². The average molecular weight is 284 g/mol. The highest BCUT2D eigenvalue weighted by Crippen LogP contribution is 2.35. The molecule has 0 radical (unpaired) electrons. The fourth-order valence-electron chi connectivity index (χ4n) is 3.46. The minimum absolute atomic E-state index is 0.0118. The third-order valence-corrected chi connectivity index (χ3v) is 4.65. The molecule has 0 saturated carbocycles. The molecule has 6 nitrogen and oxygen atoms in total. The Kier molecular flexibility index (Phi) is 4.65. The van der Waals surface area contributed by atoms with Crippen molar-refractivity contribution in [2.24, 2.45) is 11.3 Å². The summed E-state index contributed by atoms with van der Waals surface area (Å²) in [4.78, 5) is 25.9. The van der Waals surface area contributed by atoms with Gasteiger partial charge in [0.1, 0.15) is 6.04 Å². The van der Waals surface area contributed by atoms with Crippen LogP contribution in [0.2, 0.25) is 0 Å². The molecule has 0 aliphatic carbocycles. The Balaban J connectivity index is 2.21. The number of methoxy groups -OCH3 is 1. The SMILES string of the molecule is COCC1(C(=O)N2CCC(C)C2C(=O)O)CCNCC1. The van der Waals surface area contributed by atoms with E-state index in [0.717, 1.165) is 19.5 Å². The van der Waals surface area contributed by atoms with Crippen LogP contribution in [-0.2, 0) is 14.3 Å². The van der Waals surface area contributed by atoms with Crippen LogP contribution in [0.3, 0.4) is 0 Å². The molecule has 1 amide bonds. The number of hydrogen-bond donors (Lipinski definition) is 2. The molecule has 2 atom stereocenters. The smallest absolute Gasteiger partial charge is 0.326 e. The number of piperidine rings is 1. The highest BCUT2D eigenvalue weighted by atomic mass is 16.5. The van der Waals surface area contributed by atoms with Gasteiger partial charge in [-0.05, 0) is 38.3 Å². The van der Waals surface area contributed by atoms with Gasteiger partial charge >= 0.3 is 5.97 Å². The molecule has 0 aromatic heterocycles. The molecule has 2 N–H and O–H groups in total. The maximum atomic E-state index is 12.9. The Hall–Kier alpha value is -1.14. The van der Waals surface area contributed by atoms with Crippen LogP contribution >= 0.6 is 0 Å². The Morgan fingerprint density at radius 3 is 2.60 bits per heavy atom. The van der Waals surface area contributed by atoms with Crippen molar-refractivity contribution in [2.75, 3.05) is 33.4 Å². The first-order valence-corrected chi connectivity index (χ1v) is 7.25. The minimum atomic E-state index is -0.898. The molecular weight excluding hydrogens is 260 g/mol. The van der Waals surface area contributed by atoms with E-state index in [4.69, 9.17) is 4.74 Å². The zero-order valence-electron chi connectivity index (χ0n) is 12.2. The minimum Gasteiger partial charge on any atom is -0.480 e. The van der Waals surface area contributed by atoms with Crippen molar-refractivity contribution in [1.82, 2.24) is 10.2 Å². The summed E-state index contributed by atoms with van der Waals surface area (Å²) in [6, 6.07) is -0.689. The van der Waals surface area contributed by atoms with Gasteiger partial charge in [-0.2, -0.15) is 0 Å². The normalized spacial score (nSPS) is 29.4. The molecule has 2 rings (SSSR count). The van der Waals surface area contributed by atoms with Crippen molar-refractivity contribution < 1.29 is 19.4 Å². The lowest BCUT2D eigenvalue weighted by Crippen LogP contribution is -2.54. The van der Waals surface area contributed by atoms with E-state index < -0.39 is 17.4 Å². The fourth-order valence-corrected chi connectivity index (χ4v) is 3.46. The summed E-state index contributed by atoms with van der Waals surface area (Å²) < 4.78 is 5.27. The van der Waals surface area contributed by atoms with Crippen LogP contribution in [-0.4, -0.2) is 61.3 Å². The van der Waals surface area contributed by atoms with Crippen LogP contribution in [0, 0.1) is 11.3 Å². The first-order chi connectivity index (χ1) is 9.52. The fraction of sp³-hybridized carbons (Fsp3) is 0.857. The number of rotatable bonds is 4. The number of ether oxygens (including phenoxy) is 1. The molecular formula is C14H24N2O4. The van der Waals surface area contributed by atoms with E-state index in [1.165, 1.54) is 0 Å². The Bertz CT molecular complexity index is 374. The van der Waals surface area contributed by atoms with Gasteiger partial charge in [0.2, 0.25) is 5.91 Å². The predicted molar refractivity (Wildman–Crippen MR) is 73.3 cm³/mol. The van der Waals surface area contributed by atoms with Gasteiger partial charge in [0.05, 0.1) is 12.0 Å². The van der Waals surface area contributed by atoms with E-state index in [1.807, 2.05) is 6.92 Å². The number of likely N-dealkylation sites (tertiary alicyclic amines) is 1. The van der Waals surface area contributed by atoms with E-state index in [-0.39, 0.29) is 11.8 Å². The van der Waals surface area contributed by atoms with Crippen molar-refractivity contribution in [3.8, 4) is 0 Å². The summed E-state index contributed by atoms with van der Waals surface area (Å²) in [6.07, 6.45) is 2.16. The number of carboxylic acids is 1. The van der Waals surface area contributed by atoms with Gasteiger partial charge in [-0.25, -0.2) is 4.79 Å². The molecule has 0 bridgehead atoms. The second kappa shape index (κ2) is 6.10. The maximum absolute atomic E-state index is 12.9. The first-order valence-electron chi connectivity index (χ1n) is 7.25. The van der Waals surface area contributed by atoms with Crippen molar-refractivity contribution in [3.05, 3.63) is 0 Å². The second-order valence-electron chi connectivity index (χ2n) is 6.01. The number of carbonyl (C=O) groups is 2. The lowest BCUT2D eigenvalue weighted by molar-refractivity contribution is -0.157. The number of hydrogen-bond acceptors (Lipinski definition) is 4. The number of nitrogens with one attached hydrogen (secondary N) is 1. The summed E-state index contributed by atoms with van der Waals surface area (Å²) in [5.41, 5.74) is -0.558. The second-order valence-corrected chi connectivity index (χ2v) is 6.01. The average Bonchev–Trinajstić information content (AvgIpc) is 2.81. The zero-order valence-corrected chi connectivity index (χ0v) is 12.2. The Labute approximate surface area is 119 Å². The molecule has 2 aliphatic heterocycles. The molecule has 2 saturated heterocycles. The number of carbonyl (C=O) groups excluding carboxylic acids is 1. The van der Waals surface area contributed by atoms with Gasteiger partial charge in [0.25, 0.3) is 0 Å². The van der Waals surface area contributed by atoms with Gasteiger partial charge in [-0.1, -0.05) is 6.92 Å². The number of nitrogens with zero attached hydrogens (tertiary/aromatic N) is 1. The molecule has 6 heteroatoms. The van der Waals surface area contributed by atoms with Crippen molar-refractivity contribution in [2.45, 2.75) is 32.2 Å². The topological polar surface area (TPSA) is 78.9 Å². The Morgan fingerprint density at radius 2 is 2.05 bits per heavy atom. The molecule has 114 valence electrons. The van der Waals surface area contributed by atoms with Crippen LogP contribution in [0.25, 0.3) is 0 Å². The van der Waals surface area contributed by atoms with Crippen LogP contribution in [0.1, 0.15) is 26.2 Å². The van der Waals surface area contributed by atoms with Crippen LogP contribution < -0.4 is 5.32 Å². The van der Waals surface area contributed by atoms with E-state index in [1.54, 1.807) is 12.0 Å². The molecule has 2 fully saturated rings. The summed E-state index contributed by atoms with van der Waals surface area (Å²) in [5.74, 6) is -0.930. The third-order valence-electron chi connectivity index (χ3n) is 4.65. The lowest BCUT2D eigenvalue weighted by atomic mass is 9.78. The van der Waals surface area contributed by atoms with Gasteiger partial charge in [-0.3, -0.25) is 4.79 Å². The molecule has 0 aromatic carbocycles. The quantitative estimate of drug-likeness (QED) is 0.777. The summed E-state index contributed by atoms with van der Waals surface area (Å²) in [7, 11) is 1.60. The monoisotopic (exact) mass is 284 g/mol. The zero-order chi connectivity index (χ0) is 14.8. The molecule has 2 heterocycles. The van der Waals surface area contributed by atoms with E-state index >= 15 is 0 Å². The predicted octanol–water partition coefficient (Wildman–Crippen LogP) is 0.324. The number of amides is 1. The summed E-state index contributed by atoms with van der Waals surface area (Å²) >= 11 is 0. The first kappa shape index (κ1) is 15.3. The van der Waals surface area contributed by atoms with Crippen LogP contribution in [0.15, 0.2) is 0 Å². The van der Waals surface area contributed by atoms with E-state index in [0.29, 0.717) is 26.0 Å². The van der Waals surface area contributed by atoms with Crippen molar-refractivity contribution in [1.29, 1.82) is 0 Å². The Morgan fingerprint density at radius 1 is 1.40 bits per heavy atom. The molecule has 20 heavy (non-hydrogen) atoms. The highest BCUT2D eigenvalue weighted by molar-refractivity contribution is 5.88. The van der Waals surface area contributed by atoms with Crippen LogP contribution in [0.5, 0.6) is 0 Å².